The van der Waals surface area contributed by atoms with E-state index in [2.05, 4.69) is 15.0 Å². The summed E-state index contributed by atoms with van der Waals surface area (Å²) in [4.78, 5) is 4.39. The summed E-state index contributed by atoms with van der Waals surface area (Å²) in [5.41, 5.74) is 0. The molecule has 1 fully saturated rings. The molecule has 0 amide bonds. The zero-order valence-electron chi connectivity index (χ0n) is 11.4. The molecular weight excluding hydrogens is 262 g/mol. The first-order valence-electron chi connectivity index (χ1n) is 6.75. The molecule has 0 saturated heterocycles. The highest BCUT2D eigenvalue weighted by atomic mass is 32.2. The van der Waals surface area contributed by atoms with Gasteiger partial charge in [-0.1, -0.05) is 6.92 Å². The van der Waals surface area contributed by atoms with Crippen molar-refractivity contribution in [2.75, 3.05) is 11.9 Å². The second-order valence-electron chi connectivity index (χ2n) is 5.05. The second-order valence-corrected chi connectivity index (χ2v) is 6.76. The molecule has 6 heteroatoms. The van der Waals surface area contributed by atoms with Gasteiger partial charge in [0.15, 0.2) is 0 Å². The minimum atomic E-state index is -3.44. The van der Waals surface area contributed by atoms with Crippen molar-refractivity contribution in [3.63, 3.8) is 0 Å². The maximum absolute atomic E-state index is 12.2. The van der Waals surface area contributed by atoms with Gasteiger partial charge in [-0.3, -0.25) is 0 Å². The first-order chi connectivity index (χ1) is 9.03. The summed E-state index contributed by atoms with van der Waals surface area (Å²) in [6.45, 7) is 4.75. The highest BCUT2D eigenvalue weighted by Crippen LogP contribution is 2.33. The van der Waals surface area contributed by atoms with Crippen LogP contribution in [0.1, 0.15) is 33.1 Å². The average molecular weight is 283 g/mol. The van der Waals surface area contributed by atoms with E-state index in [1.54, 1.807) is 6.07 Å². The van der Waals surface area contributed by atoms with E-state index in [1.807, 2.05) is 13.8 Å². The molecule has 1 aromatic heterocycles. The molecule has 1 aromatic rings. The molecule has 0 spiro atoms. The average Bonchev–Trinajstić information content (AvgIpc) is 3.20. The van der Waals surface area contributed by atoms with Crippen LogP contribution in [0.25, 0.3) is 0 Å². The fraction of sp³-hybridized carbons (Fsp3) is 0.615. The summed E-state index contributed by atoms with van der Waals surface area (Å²) in [6.07, 6.45) is 4.72. The summed E-state index contributed by atoms with van der Waals surface area (Å²) in [5, 5.41) is 3.09. The van der Waals surface area contributed by atoms with Crippen molar-refractivity contribution in [1.82, 2.24) is 9.71 Å². The monoisotopic (exact) mass is 283 g/mol. The van der Waals surface area contributed by atoms with Crippen LogP contribution in [0.4, 0.5) is 5.82 Å². The first-order valence-corrected chi connectivity index (χ1v) is 8.23. The fourth-order valence-corrected chi connectivity index (χ4v) is 3.26. The highest BCUT2D eigenvalue weighted by Gasteiger charge is 2.31. The summed E-state index contributed by atoms with van der Waals surface area (Å²) in [6, 6.07) is 3.11. The summed E-state index contributed by atoms with van der Waals surface area (Å²) < 4.78 is 27.2. The lowest BCUT2D eigenvalue weighted by atomic mass is 10.2. The first kappa shape index (κ1) is 14.3. The number of rotatable bonds is 7. The van der Waals surface area contributed by atoms with Crippen LogP contribution in [0.15, 0.2) is 23.2 Å². The predicted molar refractivity (Wildman–Crippen MR) is 75.5 cm³/mol. The van der Waals surface area contributed by atoms with Gasteiger partial charge in [0.2, 0.25) is 10.0 Å². The van der Waals surface area contributed by atoms with Crippen molar-refractivity contribution in [2.24, 2.45) is 5.92 Å². The standard InChI is InChI=1S/C13H21N3O2S/c1-3-7-14-13-9-12(6-8-15-13)19(17,18)16-10(2)11-4-5-11/h6,8-11,16H,3-5,7H2,1-2H3,(H,14,15). The Labute approximate surface area is 114 Å². The van der Waals surface area contributed by atoms with Crippen molar-refractivity contribution >= 4 is 15.8 Å². The van der Waals surface area contributed by atoms with Gasteiger partial charge in [-0.2, -0.15) is 0 Å². The van der Waals surface area contributed by atoms with Crippen molar-refractivity contribution in [3.8, 4) is 0 Å². The van der Waals surface area contributed by atoms with E-state index < -0.39 is 10.0 Å². The molecule has 5 nitrogen and oxygen atoms in total. The van der Waals surface area contributed by atoms with E-state index in [0.29, 0.717) is 11.7 Å². The molecule has 1 aliphatic rings. The maximum atomic E-state index is 12.2. The SMILES string of the molecule is CCCNc1cc(S(=O)(=O)NC(C)C2CC2)ccn1. The third kappa shape index (κ3) is 3.91. The lowest BCUT2D eigenvalue weighted by Crippen LogP contribution is -2.34. The summed E-state index contributed by atoms with van der Waals surface area (Å²) in [7, 11) is -3.44. The molecular formula is C13H21N3O2S. The Kier molecular flexibility index (Phi) is 4.42. The van der Waals surface area contributed by atoms with Gasteiger partial charge in [0.25, 0.3) is 0 Å². The van der Waals surface area contributed by atoms with Gasteiger partial charge in [-0.25, -0.2) is 18.1 Å². The minimum Gasteiger partial charge on any atom is -0.370 e. The number of anilines is 1. The fourth-order valence-electron chi connectivity index (χ4n) is 1.93. The molecule has 2 N–H and O–H groups in total. The minimum absolute atomic E-state index is 0.00483. The third-order valence-corrected chi connectivity index (χ3v) is 4.82. The molecule has 0 bridgehead atoms. The van der Waals surface area contributed by atoms with Gasteiger partial charge < -0.3 is 5.32 Å². The van der Waals surface area contributed by atoms with Crippen LogP contribution in [-0.4, -0.2) is 26.0 Å². The van der Waals surface area contributed by atoms with E-state index in [1.165, 1.54) is 12.3 Å². The van der Waals surface area contributed by atoms with Gasteiger partial charge in [-0.05, 0) is 38.2 Å². The molecule has 0 aliphatic heterocycles. The normalized spacial score (nSPS) is 17.2. The number of pyridine rings is 1. The van der Waals surface area contributed by atoms with Gasteiger partial charge in [0, 0.05) is 24.8 Å². The van der Waals surface area contributed by atoms with Gasteiger partial charge in [0.05, 0.1) is 4.90 Å². The van der Waals surface area contributed by atoms with Crippen LogP contribution in [0.3, 0.4) is 0 Å². The number of nitrogens with one attached hydrogen (secondary N) is 2. The Balaban J connectivity index is 2.10. The quantitative estimate of drug-likeness (QED) is 0.802. The van der Waals surface area contributed by atoms with Crippen LogP contribution in [0.2, 0.25) is 0 Å². The maximum Gasteiger partial charge on any atom is 0.241 e. The van der Waals surface area contributed by atoms with E-state index in [-0.39, 0.29) is 10.9 Å². The molecule has 1 saturated carbocycles. The summed E-state index contributed by atoms with van der Waals surface area (Å²) in [5.74, 6) is 1.10. The molecule has 1 heterocycles. The van der Waals surface area contributed by atoms with Crippen LogP contribution in [0, 0.1) is 5.92 Å². The molecule has 0 aromatic carbocycles. The van der Waals surface area contributed by atoms with Crippen molar-refractivity contribution < 1.29 is 8.42 Å². The number of nitrogens with zero attached hydrogens (tertiary/aromatic N) is 1. The number of aromatic nitrogens is 1. The molecule has 19 heavy (non-hydrogen) atoms. The number of hydrogen-bond donors (Lipinski definition) is 2. The summed E-state index contributed by atoms with van der Waals surface area (Å²) >= 11 is 0. The third-order valence-electron chi connectivity index (χ3n) is 3.27. The second kappa shape index (κ2) is 5.88. The van der Waals surface area contributed by atoms with Crippen molar-refractivity contribution in [3.05, 3.63) is 18.3 Å². The van der Waals surface area contributed by atoms with E-state index in [4.69, 9.17) is 0 Å². The Morgan fingerprint density at radius 2 is 2.21 bits per heavy atom. The van der Waals surface area contributed by atoms with Crippen LogP contribution < -0.4 is 10.0 Å². The van der Waals surface area contributed by atoms with E-state index in [9.17, 15) is 8.42 Å². The Hall–Kier alpha value is -1.14. The van der Waals surface area contributed by atoms with Crippen LogP contribution in [0.5, 0.6) is 0 Å². The van der Waals surface area contributed by atoms with Crippen molar-refractivity contribution in [2.45, 2.75) is 44.0 Å². The Morgan fingerprint density at radius 3 is 2.84 bits per heavy atom. The topological polar surface area (TPSA) is 71.1 Å². The zero-order valence-corrected chi connectivity index (χ0v) is 12.2. The molecule has 0 radical (unpaired) electrons. The lowest BCUT2D eigenvalue weighted by Gasteiger charge is -2.13. The Morgan fingerprint density at radius 1 is 1.47 bits per heavy atom. The number of sulfonamides is 1. The molecule has 2 rings (SSSR count). The zero-order chi connectivity index (χ0) is 13.9. The highest BCUT2D eigenvalue weighted by molar-refractivity contribution is 7.89. The van der Waals surface area contributed by atoms with Crippen molar-refractivity contribution in [1.29, 1.82) is 0 Å². The van der Waals surface area contributed by atoms with Gasteiger partial charge in [0.1, 0.15) is 5.82 Å². The van der Waals surface area contributed by atoms with Crippen LogP contribution >= 0.6 is 0 Å². The van der Waals surface area contributed by atoms with Gasteiger partial charge >= 0.3 is 0 Å². The van der Waals surface area contributed by atoms with E-state index in [0.717, 1.165) is 25.8 Å². The largest absolute Gasteiger partial charge is 0.370 e. The molecule has 106 valence electrons. The Bertz CT molecular complexity index is 526. The molecule has 1 unspecified atom stereocenters. The number of hydrogen-bond acceptors (Lipinski definition) is 4. The molecule has 1 atom stereocenters. The van der Waals surface area contributed by atoms with Gasteiger partial charge in [-0.15, -0.1) is 0 Å². The molecule has 1 aliphatic carbocycles. The lowest BCUT2D eigenvalue weighted by molar-refractivity contribution is 0.538. The predicted octanol–water partition coefficient (Wildman–Crippen LogP) is 1.98. The van der Waals surface area contributed by atoms with E-state index >= 15 is 0 Å². The van der Waals surface area contributed by atoms with Crippen LogP contribution in [-0.2, 0) is 10.0 Å². The smallest absolute Gasteiger partial charge is 0.241 e.